The van der Waals surface area contributed by atoms with Crippen molar-refractivity contribution in [2.75, 3.05) is 13.1 Å². The fourth-order valence-corrected chi connectivity index (χ4v) is 3.04. The van der Waals surface area contributed by atoms with Gasteiger partial charge in [-0.05, 0) is 40.9 Å². The molecular formula is C10H14BrClN2OS. The van der Waals surface area contributed by atoms with Gasteiger partial charge in [0.2, 0.25) is 0 Å². The first kappa shape index (κ1) is 14.0. The Bertz CT molecular complexity index is 363. The van der Waals surface area contributed by atoms with Gasteiger partial charge in [0.15, 0.2) is 0 Å². The monoisotopic (exact) mass is 324 g/mol. The second kappa shape index (κ2) is 6.00. The lowest BCUT2D eigenvalue weighted by Gasteiger charge is -2.29. The molecule has 0 aliphatic carbocycles. The summed E-state index contributed by atoms with van der Waals surface area (Å²) < 4.78 is 1.000. The molecule has 0 bridgehead atoms. The van der Waals surface area contributed by atoms with E-state index in [4.69, 9.17) is 5.73 Å². The number of carbonyl (C=O) groups excluding carboxylic acids is 1. The second-order valence-corrected chi connectivity index (χ2v) is 6.20. The zero-order valence-electron chi connectivity index (χ0n) is 8.69. The Balaban J connectivity index is 0.00000128. The average Bonchev–Trinajstić information content (AvgIpc) is 2.65. The van der Waals surface area contributed by atoms with Crippen molar-refractivity contribution in [2.45, 2.75) is 18.9 Å². The standard InChI is InChI=1S/C10H13BrN2OS.ClH/c11-9-2-1-8(15-9)10(14)13-5-3-7(12)4-6-13;/h1-2,7H,3-6,12H2;1H. The van der Waals surface area contributed by atoms with Crippen LogP contribution in [0.15, 0.2) is 15.9 Å². The van der Waals surface area contributed by atoms with Crippen LogP contribution in [-0.2, 0) is 0 Å². The minimum Gasteiger partial charge on any atom is -0.338 e. The van der Waals surface area contributed by atoms with Gasteiger partial charge in [-0.25, -0.2) is 0 Å². The highest BCUT2D eigenvalue weighted by molar-refractivity contribution is 9.11. The van der Waals surface area contributed by atoms with Crippen molar-refractivity contribution < 1.29 is 4.79 Å². The average molecular weight is 326 g/mol. The summed E-state index contributed by atoms with van der Waals surface area (Å²) in [6, 6.07) is 4.04. The van der Waals surface area contributed by atoms with E-state index in [2.05, 4.69) is 15.9 Å². The molecule has 0 radical (unpaired) electrons. The van der Waals surface area contributed by atoms with E-state index in [1.807, 2.05) is 17.0 Å². The minimum absolute atomic E-state index is 0. The topological polar surface area (TPSA) is 46.3 Å². The van der Waals surface area contributed by atoms with Gasteiger partial charge in [-0.2, -0.15) is 0 Å². The molecule has 0 atom stereocenters. The predicted molar refractivity (Wildman–Crippen MR) is 72.4 cm³/mol. The normalized spacial score (nSPS) is 17.0. The van der Waals surface area contributed by atoms with Crippen LogP contribution in [0.5, 0.6) is 0 Å². The number of likely N-dealkylation sites (tertiary alicyclic amines) is 1. The third kappa shape index (κ3) is 3.20. The van der Waals surface area contributed by atoms with Crippen molar-refractivity contribution >= 4 is 45.6 Å². The van der Waals surface area contributed by atoms with Gasteiger partial charge in [-0.15, -0.1) is 23.7 Å². The third-order valence-electron chi connectivity index (χ3n) is 2.61. The Morgan fingerprint density at radius 3 is 2.56 bits per heavy atom. The highest BCUT2D eigenvalue weighted by atomic mass is 79.9. The predicted octanol–water partition coefficient (Wildman–Crippen LogP) is 2.50. The lowest BCUT2D eigenvalue weighted by atomic mass is 10.1. The molecule has 0 saturated carbocycles. The van der Waals surface area contributed by atoms with Crippen LogP contribution >= 0.6 is 39.7 Å². The molecule has 0 spiro atoms. The van der Waals surface area contributed by atoms with Gasteiger partial charge in [0.25, 0.3) is 5.91 Å². The van der Waals surface area contributed by atoms with Gasteiger partial charge in [0.05, 0.1) is 8.66 Å². The van der Waals surface area contributed by atoms with Gasteiger partial charge in [-0.1, -0.05) is 0 Å². The number of nitrogens with two attached hydrogens (primary N) is 1. The van der Waals surface area contributed by atoms with Gasteiger partial charge < -0.3 is 10.6 Å². The number of amides is 1. The summed E-state index contributed by atoms with van der Waals surface area (Å²) in [5.41, 5.74) is 5.80. The van der Waals surface area contributed by atoms with Crippen LogP contribution in [0.2, 0.25) is 0 Å². The zero-order chi connectivity index (χ0) is 10.8. The summed E-state index contributed by atoms with van der Waals surface area (Å²) in [6.07, 6.45) is 1.83. The number of hydrogen-bond acceptors (Lipinski definition) is 3. The fourth-order valence-electron chi connectivity index (χ4n) is 1.69. The number of carbonyl (C=O) groups is 1. The Hall–Kier alpha value is -0.100. The molecule has 90 valence electrons. The van der Waals surface area contributed by atoms with Crippen LogP contribution in [-0.4, -0.2) is 29.9 Å². The van der Waals surface area contributed by atoms with E-state index in [1.165, 1.54) is 11.3 Å². The smallest absolute Gasteiger partial charge is 0.263 e. The minimum atomic E-state index is 0. The van der Waals surface area contributed by atoms with E-state index in [0.717, 1.165) is 34.6 Å². The molecule has 1 aromatic heterocycles. The van der Waals surface area contributed by atoms with Gasteiger partial charge in [0.1, 0.15) is 0 Å². The van der Waals surface area contributed by atoms with Crippen molar-refractivity contribution in [2.24, 2.45) is 5.73 Å². The Morgan fingerprint density at radius 2 is 2.06 bits per heavy atom. The summed E-state index contributed by atoms with van der Waals surface area (Å²) in [5.74, 6) is 0.137. The van der Waals surface area contributed by atoms with Crippen molar-refractivity contribution in [3.05, 3.63) is 20.8 Å². The molecule has 3 nitrogen and oxygen atoms in total. The summed E-state index contributed by atoms with van der Waals surface area (Å²) in [5, 5.41) is 0. The number of hydrogen-bond donors (Lipinski definition) is 1. The first-order valence-electron chi connectivity index (χ1n) is 4.97. The van der Waals surface area contributed by atoms with Crippen molar-refractivity contribution in [1.29, 1.82) is 0 Å². The lowest BCUT2D eigenvalue weighted by Crippen LogP contribution is -2.42. The maximum Gasteiger partial charge on any atom is 0.263 e. The Kier molecular flexibility index (Phi) is 5.24. The number of nitrogens with zero attached hydrogens (tertiary/aromatic N) is 1. The Labute approximate surface area is 114 Å². The largest absolute Gasteiger partial charge is 0.338 e. The summed E-state index contributed by atoms with van der Waals surface area (Å²) >= 11 is 4.85. The molecular weight excluding hydrogens is 312 g/mol. The number of rotatable bonds is 1. The van der Waals surface area contributed by atoms with E-state index in [9.17, 15) is 4.79 Å². The first-order valence-corrected chi connectivity index (χ1v) is 6.58. The van der Waals surface area contributed by atoms with Crippen molar-refractivity contribution in [1.82, 2.24) is 4.90 Å². The van der Waals surface area contributed by atoms with Crippen LogP contribution in [0.3, 0.4) is 0 Å². The maximum absolute atomic E-state index is 12.0. The Morgan fingerprint density at radius 1 is 1.44 bits per heavy atom. The van der Waals surface area contributed by atoms with E-state index < -0.39 is 0 Å². The van der Waals surface area contributed by atoms with Gasteiger partial charge in [0, 0.05) is 19.1 Å². The molecule has 1 amide bonds. The second-order valence-electron chi connectivity index (χ2n) is 3.73. The van der Waals surface area contributed by atoms with Crippen molar-refractivity contribution in [3.63, 3.8) is 0 Å². The molecule has 2 rings (SSSR count). The third-order valence-corrected chi connectivity index (χ3v) is 4.22. The molecule has 1 saturated heterocycles. The molecule has 0 aromatic carbocycles. The SMILES string of the molecule is Cl.NC1CCN(C(=O)c2ccc(Br)s2)CC1. The van der Waals surface area contributed by atoms with E-state index >= 15 is 0 Å². The van der Waals surface area contributed by atoms with Crippen LogP contribution in [0.4, 0.5) is 0 Å². The fraction of sp³-hybridized carbons (Fsp3) is 0.500. The van der Waals surface area contributed by atoms with E-state index in [-0.39, 0.29) is 24.4 Å². The highest BCUT2D eigenvalue weighted by Crippen LogP contribution is 2.24. The summed E-state index contributed by atoms with van der Waals surface area (Å²) in [6.45, 7) is 1.57. The number of thiophene rings is 1. The summed E-state index contributed by atoms with van der Waals surface area (Å²) in [7, 11) is 0. The molecule has 2 N–H and O–H groups in total. The molecule has 0 unspecified atom stereocenters. The molecule has 2 heterocycles. The van der Waals surface area contributed by atoms with Crippen LogP contribution in [0, 0.1) is 0 Å². The molecule has 6 heteroatoms. The quantitative estimate of drug-likeness (QED) is 0.862. The molecule has 1 fully saturated rings. The van der Waals surface area contributed by atoms with E-state index in [0.29, 0.717) is 0 Å². The zero-order valence-corrected chi connectivity index (χ0v) is 11.9. The van der Waals surface area contributed by atoms with Crippen LogP contribution in [0.25, 0.3) is 0 Å². The summed E-state index contributed by atoms with van der Waals surface area (Å²) in [4.78, 5) is 14.7. The van der Waals surface area contributed by atoms with Crippen LogP contribution in [0.1, 0.15) is 22.5 Å². The highest BCUT2D eigenvalue weighted by Gasteiger charge is 2.22. The lowest BCUT2D eigenvalue weighted by molar-refractivity contribution is 0.0719. The van der Waals surface area contributed by atoms with Crippen molar-refractivity contribution in [3.8, 4) is 0 Å². The first-order chi connectivity index (χ1) is 7.16. The number of halogens is 2. The van der Waals surface area contributed by atoms with Gasteiger partial charge in [-0.3, -0.25) is 4.79 Å². The molecule has 1 aliphatic rings. The molecule has 1 aliphatic heterocycles. The van der Waals surface area contributed by atoms with E-state index in [1.54, 1.807) is 0 Å². The van der Waals surface area contributed by atoms with Gasteiger partial charge >= 0.3 is 0 Å². The number of piperidine rings is 1. The molecule has 1 aromatic rings. The molecule has 16 heavy (non-hydrogen) atoms. The van der Waals surface area contributed by atoms with Crippen LogP contribution < -0.4 is 5.73 Å². The maximum atomic E-state index is 12.0.